The molecule has 0 aliphatic heterocycles. The van der Waals surface area contributed by atoms with Gasteiger partial charge in [0.25, 0.3) is 5.91 Å². The van der Waals surface area contributed by atoms with Crippen molar-refractivity contribution in [1.82, 2.24) is 15.3 Å². The van der Waals surface area contributed by atoms with Crippen LogP contribution in [-0.2, 0) is 4.79 Å². The van der Waals surface area contributed by atoms with Crippen molar-refractivity contribution in [2.45, 2.75) is 32.2 Å². The topological polar surface area (TPSA) is 92.2 Å². The molecular weight excluding hydrogens is 222 g/mol. The minimum atomic E-state index is -0.819. The second-order valence-corrected chi connectivity index (χ2v) is 3.79. The van der Waals surface area contributed by atoms with Crippen molar-refractivity contribution in [3.63, 3.8) is 0 Å². The number of hydrogen-bond donors (Lipinski definition) is 2. The van der Waals surface area contributed by atoms with E-state index in [-0.39, 0.29) is 18.4 Å². The average Bonchev–Trinajstić information content (AvgIpc) is 2.29. The van der Waals surface area contributed by atoms with E-state index in [0.29, 0.717) is 18.4 Å². The van der Waals surface area contributed by atoms with Crippen LogP contribution in [0.5, 0.6) is 0 Å². The second-order valence-electron chi connectivity index (χ2n) is 3.79. The quantitative estimate of drug-likeness (QED) is 0.765. The Balaban J connectivity index is 2.34. The first-order valence-electron chi connectivity index (χ1n) is 5.37. The highest BCUT2D eigenvalue weighted by Crippen LogP contribution is 2.02. The Hall–Kier alpha value is -1.98. The van der Waals surface area contributed by atoms with Gasteiger partial charge >= 0.3 is 5.97 Å². The number of carbonyl (C=O) groups excluding carboxylic acids is 1. The van der Waals surface area contributed by atoms with Gasteiger partial charge in [0.1, 0.15) is 6.33 Å². The number of carboxylic acid groups (broad SMARTS) is 1. The Bertz CT molecular complexity index is 381. The fraction of sp³-hybridized carbons (Fsp3) is 0.455. The summed E-state index contributed by atoms with van der Waals surface area (Å²) in [6.45, 7) is 1.84. The fourth-order valence-corrected chi connectivity index (χ4v) is 1.36. The third-order valence-electron chi connectivity index (χ3n) is 2.23. The molecule has 0 saturated heterocycles. The molecule has 92 valence electrons. The van der Waals surface area contributed by atoms with Crippen LogP contribution in [0.1, 0.15) is 36.5 Å². The van der Waals surface area contributed by atoms with Crippen LogP contribution in [0, 0.1) is 0 Å². The summed E-state index contributed by atoms with van der Waals surface area (Å²) < 4.78 is 0. The Morgan fingerprint density at radius 2 is 2.06 bits per heavy atom. The Morgan fingerprint density at radius 3 is 2.65 bits per heavy atom. The summed E-state index contributed by atoms with van der Waals surface area (Å²) in [5.74, 6) is -1.06. The summed E-state index contributed by atoms with van der Waals surface area (Å²) in [6, 6.07) is -0.0675. The number of nitrogens with one attached hydrogen (secondary N) is 1. The van der Waals surface area contributed by atoms with Gasteiger partial charge in [0.2, 0.25) is 0 Å². The molecule has 0 aromatic carbocycles. The molecule has 1 heterocycles. The summed E-state index contributed by atoms with van der Waals surface area (Å²) in [4.78, 5) is 29.5. The molecule has 1 rings (SSSR count). The first-order valence-corrected chi connectivity index (χ1v) is 5.37. The van der Waals surface area contributed by atoms with Gasteiger partial charge < -0.3 is 10.4 Å². The van der Waals surface area contributed by atoms with Crippen LogP contribution in [0.25, 0.3) is 0 Å². The van der Waals surface area contributed by atoms with Gasteiger partial charge in [-0.3, -0.25) is 9.59 Å². The van der Waals surface area contributed by atoms with E-state index in [1.807, 2.05) is 6.92 Å². The van der Waals surface area contributed by atoms with Crippen molar-refractivity contribution in [2.75, 3.05) is 0 Å². The normalized spacial score (nSPS) is 11.8. The summed E-state index contributed by atoms with van der Waals surface area (Å²) in [6.07, 6.45) is 5.52. The van der Waals surface area contributed by atoms with Crippen molar-refractivity contribution in [3.05, 3.63) is 24.3 Å². The molecule has 0 spiro atoms. The largest absolute Gasteiger partial charge is 0.481 e. The first-order chi connectivity index (χ1) is 8.09. The highest BCUT2D eigenvalue weighted by molar-refractivity contribution is 5.93. The van der Waals surface area contributed by atoms with Crippen LogP contribution in [0.15, 0.2) is 18.7 Å². The zero-order valence-electron chi connectivity index (χ0n) is 9.59. The third kappa shape index (κ3) is 5.05. The number of nitrogens with zero attached hydrogens (tertiary/aromatic N) is 2. The molecule has 2 N–H and O–H groups in total. The lowest BCUT2D eigenvalue weighted by atomic mass is 10.1. The number of amides is 1. The number of aromatic nitrogens is 2. The van der Waals surface area contributed by atoms with Gasteiger partial charge in [-0.25, -0.2) is 9.97 Å². The van der Waals surface area contributed by atoms with Gasteiger partial charge in [0, 0.05) is 24.9 Å². The van der Waals surface area contributed by atoms with Crippen molar-refractivity contribution in [1.29, 1.82) is 0 Å². The van der Waals surface area contributed by atoms with E-state index in [1.165, 1.54) is 18.7 Å². The smallest absolute Gasteiger partial charge is 0.303 e. The number of aliphatic carboxylic acids is 1. The second kappa shape index (κ2) is 6.57. The molecule has 1 aromatic heterocycles. The molecule has 0 aliphatic rings. The molecule has 1 unspecified atom stereocenters. The Labute approximate surface area is 99.1 Å². The van der Waals surface area contributed by atoms with E-state index < -0.39 is 5.97 Å². The van der Waals surface area contributed by atoms with Crippen LogP contribution in [0.4, 0.5) is 0 Å². The first kappa shape index (κ1) is 13.1. The van der Waals surface area contributed by atoms with E-state index in [9.17, 15) is 9.59 Å². The van der Waals surface area contributed by atoms with Crippen LogP contribution in [-0.4, -0.2) is 33.0 Å². The zero-order valence-corrected chi connectivity index (χ0v) is 9.59. The SMILES string of the molecule is CC(CCCC(=O)O)NC(=O)c1cncnc1. The molecule has 1 aromatic rings. The lowest BCUT2D eigenvalue weighted by Gasteiger charge is -2.12. The summed E-state index contributed by atoms with van der Waals surface area (Å²) in [5.41, 5.74) is 0.401. The van der Waals surface area contributed by atoms with Gasteiger partial charge in [-0.1, -0.05) is 0 Å². The number of rotatable bonds is 6. The van der Waals surface area contributed by atoms with E-state index in [1.54, 1.807) is 0 Å². The average molecular weight is 237 g/mol. The molecule has 6 nitrogen and oxygen atoms in total. The van der Waals surface area contributed by atoms with Crippen molar-refractivity contribution >= 4 is 11.9 Å². The van der Waals surface area contributed by atoms with Gasteiger partial charge in [0.15, 0.2) is 0 Å². The van der Waals surface area contributed by atoms with E-state index in [2.05, 4.69) is 15.3 Å². The maximum atomic E-state index is 11.6. The highest BCUT2D eigenvalue weighted by Gasteiger charge is 2.10. The lowest BCUT2D eigenvalue weighted by molar-refractivity contribution is -0.137. The molecule has 17 heavy (non-hydrogen) atoms. The van der Waals surface area contributed by atoms with Crippen molar-refractivity contribution in [3.8, 4) is 0 Å². The predicted octanol–water partition coefficient (Wildman–Crippen LogP) is 0.850. The van der Waals surface area contributed by atoms with E-state index >= 15 is 0 Å². The summed E-state index contributed by atoms with van der Waals surface area (Å²) >= 11 is 0. The van der Waals surface area contributed by atoms with E-state index in [0.717, 1.165) is 0 Å². The summed E-state index contributed by atoms with van der Waals surface area (Å²) in [7, 11) is 0. The Kier molecular flexibility index (Phi) is 5.06. The minimum Gasteiger partial charge on any atom is -0.481 e. The number of hydrogen-bond acceptors (Lipinski definition) is 4. The molecular formula is C11H15N3O3. The highest BCUT2D eigenvalue weighted by atomic mass is 16.4. The molecule has 0 aliphatic carbocycles. The maximum absolute atomic E-state index is 11.6. The molecule has 0 fully saturated rings. The van der Waals surface area contributed by atoms with Gasteiger partial charge in [0.05, 0.1) is 5.56 Å². The van der Waals surface area contributed by atoms with Crippen LogP contribution < -0.4 is 5.32 Å². The predicted molar refractivity (Wildman–Crippen MR) is 60.4 cm³/mol. The van der Waals surface area contributed by atoms with Crippen LogP contribution in [0.3, 0.4) is 0 Å². The standard InChI is InChI=1S/C11H15N3O3/c1-8(3-2-4-10(15)16)14-11(17)9-5-12-7-13-6-9/h5-8H,2-4H2,1H3,(H,14,17)(H,15,16). The zero-order chi connectivity index (χ0) is 12.7. The van der Waals surface area contributed by atoms with Gasteiger partial charge in [-0.05, 0) is 19.8 Å². The van der Waals surface area contributed by atoms with Gasteiger partial charge in [-0.15, -0.1) is 0 Å². The van der Waals surface area contributed by atoms with Crippen molar-refractivity contribution < 1.29 is 14.7 Å². The number of carboxylic acids is 1. The van der Waals surface area contributed by atoms with Crippen LogP contribution in [0.2, 0.25) is 0 Å². The van der Waals surface area contributed by atoms with Crippen LogP contribution >= 0.6 is 0 Å². The molecule has 1 amide bonds. The maximum Gasteiger partial charge on any atom is 0.303 e. The third-order valence-corrected chi connectivity index (χ3v) is 2.23. The molecule has 6 heteroatoms. The lowest BCUT2D eigenvalue weighted by Crippen LogP contribution is -2.32. The Morgan fingerprint density at radius 1 is 1.41 bits per heavy atom. The molecule has 0 bridgehead atoms. The monoisotopic (exact) mass is 237 g/mol. The van der Waals surface area contributed by atoms with Crippen molar-refractivity contribution in [2.24, 2.45) is 0 Å². The fourth-order valence-electron chi connectivity index (χ4n) is 1.36. The number of carbonyl (C=O) groups is 2. The molecule has 1 atom stereocenters. The van der Waals surface area contributed by atoms with E-state index in [4.69, 9.17) is 5.11 Å². The molecule has 0 radical (unpaired) electrons. The van der Waals surface area contributed by atoms with Gasteiger partial charge in [-0.2, -0.15) is 0 Å². The molecule has 0 saturated carbocycles. The summed E-state index contributed by atoms with van der Waals surface area (Å²) in [5, 5.41) is 11.2. The minimum absolute atomic E-state index is 0.0675.